The van der Waals surface area contributed by atoms with E-state index < -0.39 is 28.1 Å². The monoisotopic (exact) mass is 621 g/mol. The molecule has 0 radical (unpaired) electrons. The van der Waals surface area contributed by atoms with E-state index in [-0.39, 0.29) is 24.0 Å². The van der Waals surface area contributed by atoms with Gasteiger partial charge in [0.05, 0.1) is 29.7 Å². The zero-order valence-electron chi connectivity index (χ0n) is 23.6. The molecule has 0 bridgehead atoms. The Hall–Kier alpha value is -3.79. The molecular weight excluding hydrogens is 590 g/mol. The highest BCUT2D eigenvalue weighted by molar-refractivity contribution is 7.89. The highest BCUT2D eigenvalue weighted by Gasteiger charge is 2.45. The van der Waals surface area contributed by atoms with Gasteiger partial charge in [-0.15, -0.1) is 0 Å². The Morgan fingerprint density at radius 1 is 0.814 bits per heavy atom. The molecule has 1 heterocycles. The summed E-state index contributed by atoms with van der Waals surface area (Å²) in [6.45, 7) is -0.0359. The summed E-state index contributed by atoms with van der Waals surface area (Å²) in [5.41, 5.74) is 0. The van der Waals surface area contributed by atoms with Crippen LogP contribution in [0.2, 0.25) is 5.02 Å². The van der Waals surface area contributed by atoms with E-state index in [1.165, 1.54) is 24.3 Å². The maximum Gasteiger partial charge on any atom is 0.324 e. The molecule has 0 amide bonds. The Kier molecular flexibility index (Phi) is 8.47. The van der Waals surface area contributed by atoms with Crippen LogP contribution in [0.5, 0.6) is 23.0 Å². The van der Waals surface area contributed by atoms with Crippen molar-refractivity contribution >= 4 is 38.4 Å². The van der Waals surface area contributed by atoms with Crippen LogP contribution in [0.4, 0.5) is 0 Å². The van der Waals surface area contributed by atoms with Gasteiger partial charge < -0.3 is 18.9 Å². The van der Waals surface area contributed by atoms with Gasteiger partial charge in [-0.25, -0.2) is 8.42 Å². The molecule has 0 spiro atoms. The third-order valence-electron chi connectivity index (χ3n) is 7.86. The first kappa shape index (κ1) is 29.3. The first-order valence-electron chi connectivity index (χ1n) is 14.3. The molecule has 1 aliphatic carbocycles. The molecule has 1 saturated heterocycles. The molecule has 1 saturated carbocycles. The molecular formula is C33H32ClNO7S. The average Bonchev–Trinajstić information content (AvgIpc) is 3.69. The van der Waals surface area contributed by atoms with Gasteiger partial charge in [-0.1, -0.05) is 41.9 Å². The molecule has 224 valence electrons. The highest BCUT2D eigenvalue weighted by Crippen LogP contribution is 2.36. The van der Waals surface area contributed by atoms with Crippen LogP contribution in [-0.4, -0.2) is 50.6 Å². The van der Waals surface area contributed by atoms with E-state index in [0.717, 1.165) is 29.4 Å². The van der Waals surface area contributed by atoms with Crippen molar-refractivity contribution in [2.75, 3.05) is 13.7 Å². The second-order valence-electron chi connectivity index (χ2n) is 10.8. The van der Waals surface area contributed by atoms with E-state index >= 15 is 0 Å². The predicted octanol–water partition coefficient (Wildman–Crippen LogP) is 6.99. The van der Waals surface area contributed by atoms with Crippen LogP contribution in [0.3, 0.4) is 0 Å². The SMILES string of the molecule is COC(=O)[C@@H]1C[C@H](Oc2ccc(Cl)c(Oc3ccccc3)c2)CN1S(=O)(=O)c1ccc2cc(OC3CCCC3)ccc2c1. The van der Waals surface area contributed by atoms with Gasteiger partial charge in [0.15, 0.2) is 0 Å². The summed E-state index contributed by atoms with van der Waals surface area (Å²) >= 11 is 6.35. The Labute approximate surface area is 256 Å². The Balaban J connectivity index is 1.21. The van der Waals surface area contributed by atoms with Crippen molar-refractivity contribution in [2.24, 2.45) is 0 Å². The maximum absolute atomic E-state index is 13.9. The van der Waals surface area contributed by atoms with Crippen LogP contribution in [0, 0.1) is 0 Å². The normalized spacial score (nSPS) is 19.4. The third-order valence-corrected chi connectivity index (χ3v) is 10.0. The molecule has 6 rings (SSSR count). The van der Waals surface area contributed by atoms with Crippen LogP contribution in [0.25, 0.3) is 10.8 Å². The highest BCUT2D eigenvalue weighted by atomic mass is 35.5. The lowest BCUT2D eigenvalue weighted by molar-refractivity contribution is -0.144. The van der Waals surface area contributed by atoms with Crippen molar-refractivity contribution in [3.05, 3.63) is 90.0 Å². The summed E-state index contributed by atoms with van der Waals surface area (Å²) in [7, 11) is -2.82. The molecule has 10 heteroatoms. The molecule has 0 unspecified atom stereocenters. The lowest BCUT2D eigenvalue weighted by Gasteiger charge is -2.22. The summed E-state index contributed by atoms with van der Waals surface area (Å²) in [6, 6.07) is 23.7. The van der Waals surface area contributed by atoms with Crippen LogP contribution in [0.15, 0.2) is 89.8 Å². The molecule has 2 aliphatic rings. The van der Waals surface area contributed by atoms with E-state index in [4.69, 9.17) is 30.5 Å². The fourth-order valence-electron chi connectivity index (χ4n) is 5.68. The second-order valence-corrected chi connectivity index (χ2v) is 13.1. The summed E-state index contributed by atoms with van der Waals surface area (Å²) in [4.78, 5) is 12.8. The molecule has 2 fully saturated rings. The molecule has 43 heavy (non-hydrogen) atoms. The van der Waals surface area contributed by atoms with Gasteiger partial charge in [-0.05, 0) is 85.0 Å². The standard InChI is InChI=1S/C33H32ClNO7S/c1-39-33(36)31-19-28(41-27-14-16-30(34)32(20-27)42-25-7-3-2-4-8-25)21-35(31)43(37,38)29-15-12-22-17-26(13-11-23(22)18-29)40-24-9-5-6-10-24/h2-4,7-8,11-18,20,24,28,31H,5-6,9-10,19,21H2,1H3/t28-,31-/m0/s1. The van der Waals surface area contributed by atoms with Crippen molar-refractivity contribution in [1.29, 1.82) is 0 Å². The van der Waals surface area contributed by atoms with Crippen molar-refractivity contribution in [3.8, 4) is 23.0 Å². The van der Waals surface area contributed by atoms with Crippen LogP contribution in [0.1, 0.15) is 32.1 Å². The summed E-state index contributed by atoms with van der Waals surface area (Å²) < 4.78 is 52.1. The summed E-state index contributed by atoms with van der Waals surface area (Å²) in [5.74, 6) is 1.57. The zero-order valence-corrected chi connectivity index (χ0v) is 25.2. The quantitative estimate of drug-likeness (QED) is 0.186. The first-order valence-corrected chi connectivity index (χ1v) is 16.1. The number of rotatable bonds is 9. The van der Waals surface area contributed by atoms with Crippen molar-refractivity contribution in [2.45, 2.75) is 55.2 Å². The van der Waals surface area contributed by atoms with E-state index in [9.17, 15) is 13.2 Å². The first-order chi connectivity index (χ1) is 20.8. The average molecular weight is 622 g/mol. The number of hydrogen-bond donors (Lipinski definition) is 0. The predicted molar refractivity (Wildman–Crippen MR) is 164 cm³/mol. The van der Waals surface area contributed by atoms with Crippen LogP contribution < -0.4 is 14.2 Å². The van der Waals surface area contributed by atoms with Crippen LogP contribution in [-0.2, 0) is 19.6 Å². The number of methoxy groups -OCH3 is 1. The number of nitrogens with zero attached hydrogens (tertiary/aromatic N) is 1. The minimum Gasteiger partial charge on any atom is -0.490 e. The molecule has 4 aromatic carbocycles. The number of hydrogen-bond acceptors (Lipinski definition) is 7. The number of benzene rings is 4. The van der Waals surface area contributed by atoms with E-state index in [2.05, 4.69) is 0 Å². The third kappa shape index (κ3) is 6.44. The van der Waals surface area contributed by atoms with Crippen molar-refractivity contribution < 1.29 is 32.2 Å². The lowest BCUT2D eigenvalue weighted by Crippen LogP contribution is -2.41. The largest absolute Gasteiger partial charge is 0.490 e. The van der Waals surface area contributed by atoms with Crippen molar-refractivity contribution in [1.82, 2.24) is 4.31 Å². The minimum atomic E-state index is -4.07. The number of carbonyl (C=O) groups excluding carboxylic acids is 1. The van der Waals surface area contributed by atoms with Gasteiger partial charge in [0, 0.05) is 12.5 Å². The summed E-state index contributed by atoms with van der Waals surface area (Å²) in [6.07, 6.45) is 4.21. The van der Waals surface area contributed by atoms with E-state index in [1.807, 2.05) is 36.4 Å². The second kappa shape index (κ2) is 12.4. The topological polar surface area (TPSA) is 91.4 Å². The number of carbonyl (C=O) groups is 1. The molecule has 4 aromatic rings. The molecule has 1 aliphatic heterocycles. The van der Waals surface area contributed by atoms with Crippen molar-refractivity contribution in [3.63, 3.8) is 0 Å². The smallest absolute Gasteiger partial charge is 0.324 e. The number of sulfonamides is 1. The van der Waals surface area contributed by atoms with E-state index in [0.29, 0.717) is 22.3 Å². The molecule has 0 aromatic heterocycles. The molecule has 8 nitrogen and oxygen atoms in total. The Morgan fingerprint density at radius 3 is 2.26 bits per heavy atom. The van der Waals surface area contributed by atoms with Gasteiger partial charge >= 0.3 is 5.97 Å². The van der Waals surface area contributed by atoms with Gasteiger partial charge in [0.25, 0.3) is 0 Å². The van der Waals surface area contributed by atoms with Gasteiger partial charge in [-0.2, -0.15) is 4.31 Å². The fourth-order valence-corrected chi connectivity index (χ4v) is 7.50. The minimum absolute atomic E-state index is 0.0359. The fraction of sp³-hybridized carbons (Fsp3) is 0.303. The number of esters is 1. The summed E-state index contributed by atoms with van der Waals surface area (Å²) in [5, 5.41) is 2.03. The van der Waals surface area contributed by atoms with Gasteiger partial charge in [0.2, 0.25) is 10.0 Å². The Bertz CT molecular complexity index is 1720. The van der Waals surface area contributed by atoms with Gasteiger partial charge in [-0.3, -0.25) is 4.79 Å². The molecule has 2 atom stereocenters. The van der Waals surface area contributed by atoms with E-state index in [1.54, 1.807) is 48.5 Å². The number of fused-ring (bicyclic) bond motifs is 1. The van der Waals surface area contributed by atoms with Gasteiger partial charge in [0.1, 0.15) is 35.1 Å². The Morgan fingerprint density at radius 2 is 1.49 bits per heavy atom. The number of para-hydroxylation sites is 1. The van der Waals surface area contributed by atoms with Crippen LogP contribution >= 0.6 is 11.6 Å². The lowest BCUT2D eigenvalue weighted by atomic mass is 10.1. The zero-order chi connectivity index (χ0) is 30.0. The molecule has 0 N–H and O–H groups in total. The number of halogens is 1. The number of ether oxygens (including phenoxy) is 4. The maximum atomic E-state index is 13.9.